The van der Waals surface area contributed by atoms with E-state index in [0.29, 0.717) is 35.0 Å². The number of aromatic nitrogens is 4. The van der Waals surface area contributed by atoms with E-state index in [9.17, 15) is 13.2 Å². The van der Waals surface area contributed by atoms with Crippen molar-refractivity contribution in [2.45, 2.75) is 4.90 Å². The van der Waals surface area contributed by atoms with E-state index in [-0.39, 0.29) is 16.6 Å². The number of aromatic amines is 2. The number of ether oxygens (including phenoxy) is 1. The van der Waals surface area contributed by atoms with E-state index in [4.69, 9.17) is 21.3 Å². The highest BCUT2D eigenvalue weighted by Crippen LogP contribution is 2.36. The first-order valence-corrected chi connectivity index (χ1v) is 13.0. The minimum Gasteiger partial charge on any atom is -0.381 e. The van der Waals surface area contributed by atoms with Gasteiger partial charge in [0.15, 0.2) is 9.84 Å². The molecular formula is C25H19ClN4O4S. The second kappa shape index (κ2) is 8.30. The van der Waals surface area contributed by atoms with Gasteiger partial charge in [-0.3, -0.25) is 9.89 Å². The molecule has 35 heavy (non-hydrogen) atoms. The molecule has 6 rings (SSSR count). The quantitative estimate of drug-likeness (QED) is 0.369. The van der Waals surface area contributed by atoms with Gasteiger partial charge in [0.1, 0.15) is 10.5 Å². The minimum atomic E-state index is -3.80. The molecule has 0 spiro atoms. The normalized spacial score (nSPS) is 14.4. The Labute approximate surface area is 204 Å². The van der Waals surface area contributed by atoms with Gasteiger partial charge >= 0.3 is 0 Å². The zero-order valence-corrected chi connectivity index (χ0v) is 19.9. The molecule has 0 saturated carbocycles. The van der Waals surface area contributed by atoms with Crippen molar-refractivity contribution in [2.24, 2.45) is 5.92 Å². The minimum absolute atomic E-state index is 0.104. The topological polar surface area (TPSA) is 118 Å². The average molecular weight is 507 g/mol. The average Bonchev–Trinajstić information content (AvgIpc) is 3.30. The molecule has 3 aromatic heterocycles. The van der Waals surface area contributed by atoms with Crippen molar-refractivity contribution in [1.29, 1.82) is 0 Å². The largest absolute Gasteiger partial charge is 0.381 e. The molecule has 1 saturated heterocycles. The maximum atomic E-state index is 13.0. The molecule has 4 heterocycles. The molecule has 0 aliphatic carbocycles. The van der Waals surface area contributed by atoms with Gasteiger partial charge in [-0.25, -0.2) is 13.4 Å². The first-order valence-electron chi connectivity index (χ1n) is 11.0. The molecule has 176 valence electrons. The Hall–Kier alpha value is -3.53. The number of fused-ring (bicyclic) bond motifs is 2. The maximum Gasteiger partial charge on any atom is 0.268 e. The third-order valence-corrected chi connectivity index (χ3v) is 8.33. The van der Waals surface area contributed by atoms with Crippen molar-refractivity contribution in [3.05, 3.63) is 76.2 Å². The van der Waals surface area contributed by atoms with E-state index in [1.807, 2.05) is 48.5 Å². The highest BCUT2D eigenvalue weighted by atomic mass is 35.5. The van der Waals surface area contributed by atoms with Crippen LogP contribution in [0.2, 0.25) is 5.02 Å². The first kappa shape index (κ1) is 22.0. The molecule has 5 aromatic rings. The van der Waals surface area contributed by atoms with Crippen LogP contribution >= 0.6 is 11.6 Å². The number of rotatable bonds is 5. The second-order valence-corrected chi connectivity index (χ2v) is 11.0. The second-order valence-electron chi connectivity index (χ2n) is 8.63. The molecule has 8 nitrogen and oxygen atoms in total. The van der Waals surface area contributed by atoms with Crippen molar-refractivity contribution in [2.75, 3.05) is 19.0 Å². The number of sulfone groups is 1. The summed E-state index contributed by atoms with van der Waals surface area (Å²) in [6.07, 6.45) is 1.69. The Bertz CT molecular complexity index is 1760. The molecule has 1 fully saturated rings. The summed E-state index contributed by atoms with van der Waals surface area (Å²) in [5.41, 5.74) is 3.36. The van der Waals surface area contributed by atoms with Gasteiger partial charge in [-0.15, -0.1) is 0 Å². The fourth-order valence-electron chi connectivity index (χ4n) is 4.33. The summed E-state index contributed by atoms with van der Waals surface area (Å²) < 4.78 is 31.1. The third-order valence-electron chi connectivity index (χ3n) is 6.15. The summed E-state index contributed by atoms with van der Waals surface area (Å²) in [6.45, 7) is 0.766. The van der Waals surface area contributed by atoms with Crippen molar-refractivity contribution >= 4 is 43.4 Å². The zero-order valence-electron chi connectivity index (χ0n) is 18.3. The summed E-state index contributed by atoms with van der Waals surface area (Å²) in [5, 5.41) is 8.80. The monoisotopic (exact) mass is 506 g/mol. The Kier molecular flexibility index (Phi) is 5.21. The van der Waals surface area contributed by atoms with Crippen LogP contribution in [0.3, 0.4) is 0 Å². The van der Waals surface area contributed by atoms with E-state index in [1.54, 1.807) is 6.20 Å². The van der Waals surface area contributed by atoms with Crippen LogP contribution in [0.25, 0.3) is 44.3 Å². The Morgan fingerprint density at radius 3 is 2.57 bits per heavy atom. The maximum absolute atomic E-state index is 13.0. The Balaban J connectivity index is 1.59. The highest BCUT2D eigenvalue weighted by Gasteiger charge is 2.29. The SMILES string of the molecule is O=c1[nH]c2nc(-c3ccccc3)c(-c3cc(Cl)c4[nH]ncc4c3)cc2cc1S(=O)(=O)CC1COC1. The first-order chi connectivity index (χ1) is 16.9. The van der Waals surface area contributed by atoms with Crippen molar-refractivity contribution in [1.82, 2.24) is 20.2 Å². The highest BCUT2D eigenvalue weighted by molar-refractivity contribution is 7.91. The van der Waals surface area contributed by atoms with E-state index >= 15 is 0 Å². The number of nitrogens with one attached hydrogen (secondary N) is 2. The van der Waals surface area contributed by atoms with Gasteiger partial charge in [0.25, 0.3) is 5.56 Å². The molecular weight excluding hydrogens is 488 g/mol. The van der Waals surface area contributed by atoms with Crippen LogP contribution in [0.4, 0.5) is 0 Å². The van der Waals surface area contributed by atoms with E-state index < -0.39 is 15.4 Å². The molecule has 10 heteroatoms. The Morgan fingerprint density at radius 1 is 1.03 bits per heavy atom. The third kappa shape index (κ3) is 3.91. The van der Waals surface area contributed by atoms with Crippen molar-refractivity contribution < 1.29 is 13.2 Å². The molecule has 1 aliphatic heterocycles. The standard InChI is InChI=1S/C25H19ClN4O4S/c26-20-8-16(6-18-10-27-30-23(18)20)19-7-17-9-21(35(32,33)13-14-11-34-12-14)25(31)29-24(17)28-22(19)15-4-2-1-3-5-15/h1-10,14H,11-13H2,(H,27,30)(H,28,29,31). The number of benzene rings is 2. The van der Waals surface area contributed by atoms with Gasteiger partial charge < -0.3 is 9.72 Å². The molecule has 0 atom stereocenters. The zero-order chi connectivity index (χ0) is 24.2. The van der Waals surface area contributed by atoms with Crippen LogP contribution in [-0.2, 0) is 14.6 Å². The Morgan fingerprint density at radius 2 is 1.83 bits per heavy atom. The summed E-state index contributed by atoms with van der Waals surface area (Å²) in [4.78, 5) is 20.0. The van der Waals surface area contributed by atoms with Crippen LogP contribution in [0.1, 0.15) is 0 Å². The number of H-pyrrole nitrogens is 2. The predicted octanol–water partition coefficient (Wildman–Crippen LogP) is 4.21. The van der Waals surface area contributed by atoms with Gasteiger partial charge in [-0.1, -0.05) is 41.9 Å². The molecule has 1 aliphatic rings. The lowest BCUT2D eigenvalue weighted by Gasteiger charge is -2.25. The van der Waals surface area contributed by atoms with Gasteiger partial charge in [-0.05, 0) is 29.8 Å². The van der Waals surface area contributed by atoms with Gasteiger partial charge in [-0.2, -0.15) is 5.10 Å². The number of pyridine rings is 2. The van der Waals surface area contributed by atoms with E-state index in [1.165, 1.54) is 6.07 Å². The lowest BCUT2D eigenvalue weighted by Crippen LogP contribution is -2.35. The molecule has 2 aromatic carbocycles. The number of hydrogen-bond donors (Lipinski definition) is 2. The fourth-order valence-corrected chi connectivity index (χ4v) is 6.23. The summed E-state index contributed by atoms with van der Waals surface area (Å²) in [6, 6.07) is 16.6. The number of hydrogen-bond acceptors (Lipinski definition) is 6. The van der Waals surface area contributed by atoms with Gasteiger partial charge in [0.2, 0.25) is 0 Å². The molecule has 0 unspecified atom stereocenters. The van der Waals surface area contributed by atoms with Crippen molar-refractivity contribution in [3.63, 3.8) is 0 Å². The molecule has 0 radical (unpaired) electrons. The molecule has 0 bridgehead atoms. The van der Waals surface area contributed by atoms with Crippen LogP contribution in [0, 0.1) is 5.92 Å². The molecule has 0 amide bonds. The van der Waals surface area contributed by atoms with E-state index in [0.717, 1.165) is 27.6 Å². The lowest BCUT2D eigenvalue weighted by molar-refractivity contribution is -0.0204. The molecule has 2 N–H and O–H groups in total. The summed E-state index contributed by atoms with van der Waals surface area (Å²) in [7, 11) is -3.80. The van der Waals surface area contributed by atoms with Crippen LogP contribution in [0.5, 0.6) is 0 Å². The number of halogens is 1. The summed E-state index contributed by atoms with van der Waals surface area (Å²) >= 11 is 6.51. The lowest BCUT2D eigenvalue weighted by atomic mass is 9.97. The smallest absolute Gasteiger partial charge is 0.268 e. The van der Waals surface area contributed by atoms with Crippen LogP contribution in [-0.4, -0.2) is 47.5 Å². The predicted molar refractivity (Wildman–Crippen MR) is 134 cm³/mol. The van der Waals surface area contributed by atoms with Gasteiger partial charge in [0.05, 0.1) is 41.4 Å². The number of nitrogens with zero attached hydrogens (tertiary/aromatic N) is 2. The van der Waals surface area contributed by atoms with Crippen LogP contribution < -0.4 is 5.56 Å². The van der Waals surface area contributed by atoms with E-state index in [2.05, 4.69) is 15.2 Å². The van der Waals surface area contributed by atoms with Crippen molar-refractivity contribution in [3.8, 4) is 22.4 Å². The van der Waals surface area contributed by atoms with Crippen LogP contribution in [0.15, 0.2) is 70.5 Å². The van der Waals surface area contributed by atoms with Gasteiger partial charge in [0, 0.05) is 27.8 Å². The summed E-state index contributed by atoms with van der Waals surface area (Å²) in [5.74, 6) is -0.232. The fraction of sp³-hybridized carbons (Fsp3) is 0.160.